The maximum absolute atomic E-state index is 11.7. The largest absolute Gasteiger partial charge is 0.461 e. The number of oxazole rings is 1. The van der Waals surface area contributed by atoms with Gasteiger partial charge in [-0.15, -0.1) is 0 Å². The number of hydrogen-bond donors (Lipinski definition) is 0. The van der Waals surface area contributed by atoms with Crippen molar-refractivity contribution >= 4 is 27.6 Å². The lowest BCUT2D eigenvalue weighted by Gasteiger charge is -2.02. The van der Waals surface area contributed by atoms with Crippen molar-refractivity contribution in [2.24, 2.45) is 0 Å². The average molecular weight is 341 g/mol. The second-order valence-corrected chi connectivity index (χ2v) is 4.62. The first kappa shape index (κ1) is 14.2. The number of non-ortho nitro benzene ring substituents is 1. The molecule has 1 aromatic heterocycles. The summed E-state index contributed by atoms with van der Waals surface area (Å²) in [5.41, 5.74) is 0.228. The number of nitro groups is 1. The zero-order valence-electron chi connectivity index (χ0n) is 10.3. The number of ether oxygens (including phenoxy) is 1. The molecule has 0 N–H and O–H groups in total. The Bertz CT molecular complexity index is 668. The van der Waals surface area contributed by atoms with E-state index >= 15 is 0 Å². The van der Waals surface area contributed by atoms with Gasteiger partial charge >= 0.3 is 5.97 Å². The first-order valence-corrected chi connectivity index (χ1v) is 6.38. The van der Waals surface area contributed by atoms with Crippen LogP contribution in [0.1, 0.15) is 17.4 Å². The quantitative estimate of drug-likeness (QED) is 0.481. The van der Waals surface area contributed by atoms with Gasteiger partial charge in [-0.25, -0.2) is 9.78 Å². The Kier molecular flexibility index (Phi) is 4.14. The van der Waals surface area contributed by atoms with Crippen LogP contribution in [0, 0.1) is 10.1 Å². The first-order valence-electron chi connectivity index (χ1n) is 5.59. The van der Waals surface area contributed by atoms with Crippen LogP contribution in [0.4, 0.5) is 5.69 Å². The molecule has 0 bridgehead atoms. The number of halogens is 1. The van der Waals surface area contributed by atoms with E-state index in [4.69, 9.17) is 9.15 Å². The van der Waals surface area contributed by atoms with Crippen molar-refractivity contribution < 1.29 is 18.9 Å². The van der Waals surface area contributed by atoms with Gasteiger partial charge in [-0.2, -0.15) is 0 Å². The van der Waals surface area contributed by atoms with Gasteiger partial charge in [0.05, 0.1) is 11.5 Å². The number of benzene rings is 1. The number of carbonyl (C=O) groups excluding carboxylic acids is 1. The molecule has 2 rings (SSSR count). The third-order valence-corrected chi connectivity index (χ3v) is 2.85. The minimum Gasteiger partial charge on any atom is -0.461 e. The summed E-state index contributed by atoms with van der Waals surface area (Å²) in [6.45, 7) is 1.87. The Hall–Kier alpha value is -2.22. The molecular weight excluding hydrogens is 332 g/mol. The number of nitro benzene ring substituents is 1. The second-order valence-electron chi connectivity index (χ2n) is 3.71. The molecule has 1 heterocycles. The van der Waals surface area contributed by atoms with Crippen LogP contribution in [-0.2, 0) is 4.74 Å². The predicted molar refractivity (Wildman–Crippen MR) is 72.2 cm³/mol. The zero-order chi connectivity index (χ0) is 14.7. The SMILES string of the molecule is CCOC(=O)c1ncoc1-c1cc(Br)cc([N+](=O)[O-])c1. The van der Waals surface area contributed by atoms with Crippen LogP contribution in [-0.4, -0.2) is 22.5 Å². The zero-order valence-corrected chi connectivity index (χ0v) is 11.9. The van der Waals surface area contributed by atoms with E-state index in [1.165, 1.54) is 12.1 Å². The van der Waals surface area contributed by atoms with Crippen molar-refractivity contribution in [2.75, 3.05) is 6.61 Å². The van der Waals surface area contributed by atoms with Crippen molar-refractivity contribution in [1.82, 2.24) is 4.98 Å². The Labute approximate surface area is 121 Å². The Morgan fingerprint density at radius 3 is 2.90 bits per heavy atom. The number of esters is 1. The van der Waals surface area contributed by atoms with Gasteiger partial charge in [-0.05, 0) is 13.0 Å². The van der Waals surface area contributed by atoms with Gasteiger partial charge in [-0.3, -0.25) is 10.1 Å². The molecule has 0 amide bonds. The number of hydrogen-bond acceptors (Lipinski definition) is 6. The van der Waals surface area contributed by atoms with Crippen LogP contribution < -0.4 is 0 Å². The third-order valence-electron chi connectivity index (χ3n) is 2.39. The molecule has 8 heteroatoms. The standard InChI is InChI=1S/C12H9BrN2O5/c1-2-19-12(16)10-11(20-6-14-10)7-3-8(13)5-9(4-7)15(17)18/h3-6H,2H2,1H3. The fourth-order valence-corrected chi connectivity index (χ4v) is 2.09. The molecule has 0 atom stereocenters. The summed E-state index contributed by atoms with van der Waals surface area (Å²) in [4.78, 5) is 25.8. The van der Waals surface area contributed by atoms with Crippen molar-refractivity contribution in [3.8, 4) is 11.3 Å². The highest BCUT2D eigenvalue weighted by Crippen LogP contribution is 2.30. The molecule has 0 saturated heterocycles. The van der Waals surface area contributed by atoms with E-state index in [1.54, 1.807) is 13.0 Å². The van der Waals surface area contributed by atoms with Crippen molar-refractivity contribution in [3.63, 3.8) is 0 Å². The van der Waals surface area contributed by atoms with Gasteiger partial charge < -0.3 is 9.15 Å². The second kappa shape index (κ2) is 5.83. The minimum atomic E-state index is -0.640. The number of nitrogens with zero attached hydrogens (tertiary/aromatic N) is 2. The van der Waals surface area contributed by atoms with Gasteiger partial charge in [0, 0.05) is 22.2 Å². The Balaban J connectivity index is 2.50. The molecule has 2 aromatic rings. The van der Waals surface area contributed by atoms with Gasteiger partial charge in [0.15, 0.2) is 17.8 Å². The highest BCUT2D eigenvalue weighted by Gasteiger charge is 2.21. The summed E-state index contributed by atoms with van der Waals surface area (Å²) < 4.78 is 10.5. The van der Waals surface area contributed by atoms with Crippen LogP contribution in [0.2, 0.25) is 0 Å². The molecule has 1 aromatic carbocycles. The van der Waals surface area contributed by atoms with Gasteiger partial charge in [0.1, 0.15) is 0 Å². The lowest BCUT2D eigenvalue weighted by molar-refractivity contribution is -0.384. The topological polar surface area (TPSA) is 95.5 Å². The molecule has 0 aliphatic carbocycles. The monoisotopic (exact) mass is 340 g/mol. The summed E-state index contributed by atoms with van der Waals surface area (Å²) in [6.07, 6.45) is 1.09. The first-order chi connectivity index (χ1) is 9.52. The van der Waals surface area contributed by atoms with Gasteiger partial charge in [0.25, 0.3) is 5.69 Å². The summed E-state index contributed by atoms with van der Waals surface area (Å²) >= 11 is 3.18. The molecule has 0 spiro atoms. The lowest BCUT2D eigenvalue weighted by atomic mass is 10.1. The summed E-state index contributed by atoms with van der Waals surface area (Å²) in [5.74, 6) is -0.508. The number of aromatic nitrogens is 1. The highest BCUT2D eigenvalue weighted by molar-refractivity contribution is 9.10. The molecule has 0 fully saturated rings. The van der Waals surface area contributed by atoms with E-state index in [-0.39, 0.29) is 23.7 Å². The third kappa shape index (κ3) is 2.85. The average Bonchev–Trinajstić information content (AvgIpc) is 2.87. The Morgan fingerprint density at radius 1 is 1.50 bits per heavy atom. The summed E-state index contributed by atoms with van der Waals surface area (Å²) in [6, 6.07) is 4.24. The van der Waals surface area contributed by atoms with Crippen LogP contribution in [0.3, 0.4) is 0 Å². The maximum Gasteiger partial charge on any atom is 0.360 e. The number of carbonyl (C=O) groups is 1. The van der Waals surface area contributed by atoms with Crippen molar-refractivity contribution in [3.05, 3.63) is 44.9 Å². The van der Waals surface area contributed by atoms with Crippen molar-refractivity contribution in [1.29, 1.82) is 0 Å². The molecule has 0 saturated carbocycles. The van der Waals surface area contributed by atoms with Crippen LogP contribution in [0.5, 0.6) is 0 Å². The normalized spacial score (nSPS) is 10.3. The molecule has 7 nitrogen and oxygen atoms in total. The smallest absolute Gasteiger partial charge is 0.360 e. The number of rotatable bonds is 4. The molecular formula is C12H9BrN2O5. The molecule has 20 heavy (non-hydrogen) atoms. The maximum atomic E-state index is 11.7. The molecule has 0 radical (unpaired) electrons. The Morgan fingerprint density at radius 2 is 2.25 bits per heavy atom. The van der Waals surface area contributed by atoms with E-state index in [0.29, 0.717) is 10.0 Å². The van der Waals surface area contributed by atoms with Crippen LogP contribution in [0.15, 0.2) is 33.5 Å². The molecule has 0 aliphatic heterocycles. The fourth-order valence-electron chi connectivity index (χ4n) is 1.61. The van der Waals surface area contributed by atoms with Gasteiger partial charge in [-0.1, -0.05) is 15.9 Å². The van der Waals surface area contributed by atoms with E-state index < -0.39 is 10.9 Å². The van der Waals surface area contributed by atoms with Crippen LogP contribution in [0.25, 0.3) is 11.3 Å². The van der Waals surface area contributed by atoms with E-state index in [9.17, 15) is 14.9 Å². The predicted octanol–water partition coefficient (Wildman–Crippen LogP) is 3.19. The minimum absolute atomic E-state index is 0.0146. The highest BCUT2D eigenvalue weighted by atomic mass is 79.9. The molecule has 104 valence electrons. The van der Waals surface area contributed by atoms with Crippen molar-refractivity contribution in [2.45, 2.75) is 6.92 Å². The summed E-state index contributed by atoms with van der Waals surface area (Å²) in [5, 5.41) is 10.8. The summed E-state index contributed by atoms with van der Waals surface area (Å²) in [7, 11) is 0. The fraction of sp³-hybridized carbons (Fsp3) is 0.167. The van der Waals surface area contributed by atoms with Gasteiger partial charge in [0.2, 0.25) is 0 Å². The van der Waals surface area contributed by atoms with E-state index in [1.807, 2.05) is 0 Å². The lowest BCUT2D eigenvalue weighted by Crippen LogP contribution is -2.06. The van der Waals surface area contributed by atoms with E-state index in [2.05, 4.69) is 20.9 Å². The molecule has 0 unspecified atom stereocenters. The van der Waals surface area contributed by atoms with E-state index in [0.717, 1.165) is 6.39 Å². The molecule has 0 aliphatic rings. The van der Waals surface area contributed by atoms with Crippen LogP contribution >= 0.6 is 15.9 Å².